The van der Waals surface area contributed by atoms with Gasteiger partial charge in [-0.25, -0.2) is 0 Å². The molecule has 1 aliphatic carbocycles. The van der Waals surface area contributed by atoms with Crippen molar-refractivity contribution in [3.63, 3.8) is 0 Å². The number of aliphatic hydroxyl groups excluding tert-OH is 2. The topological polar surface area (TPSA) is 142 Å². The lowest BCUT2D eigenvalue weighted by atomic mass is 9.90. The molecular formula is C17H21N3O5. The van der Waals surface area contributed by atoms with Gasteiger partial charge >= 0.3 is 0 Å². The molecule has 0 radical (unpaired) electrons. The van der Waals surface area contributed by atoms with Crippen LogP contribution in [0.2, 0.25) is 0 Å². The summed E-state index contributed by atoms with van der Waals surface area (Å²) in [4.78, 5) is 35.0. The first-order valence-electron chi connectivity index (χ1n) is 7.79. The fraction of sp³-hybridized carbons (Fsp3) is 0.353. The quantitative estimate of drug-likeness (QED) is 0.452. The third kappa shape index (κ3) is 4.88. The summed E-state index contributed by atoms with van der Waals surface area (Å²) in [6, 6.07) is 5.90. The van der Waals surface area contributed by atoms with Gasteiger partial charge < -0.3 is 26.6 Å². The van der Waals surface area contributed by atoms with Crippen molar-refractivity contribution >= 4 is 17.7 Å². The van der Waals surface area contributed by atoms with Gasteiger partial charge in [0.05, 0.1) is 18.7 Å². The zero-order valence-corrected chi connectivity index (χ0v) is 13.7. The van der Waals surface area contributed by atoms with Gasteiger partial charge in [0.1, 0.15) is 6.10 Å². The molecule has 0 heterocycles. The summed E-state index contributed by atoms with van der Waals surface area (Å²) < 4.78 is 0. The van der Waals surface area contributed by atoms with Gasteiger partial charge in [0.2, 0.25) is 11.8 Å². The third-order valence-corrected chi connectivity index (χ3v) is 3.90. The Balaban J connectivity index is 2.12. The summed E-state index contributed by atoms with van der Waals surface area (Å²) in [5, 5.41) is 24.9. The molecule has 3 unspecified atom stereocenters. The van der Waals surface area contributed by atoms with Crippen molar-refractivity contribution < 1.29 is 24.6 Å². The van der Waals surface area contributed by atoms with Gasteiger partial charge in [0.25, 0.3) is 5.91 Å². The molecule has 6 N–H and O–H groups in total. The number of nitrogens with one attached hydrogen (secondary N) is 2. The smallest absolute Gasteiger partial charge is 0.251 e. The van der Waals surface area contributed by atoms with Gasteiger partial charge in [-0.2, -0.15) is 0 Å². The van der Waals surface area contributed by atoms with E-state index in [1.54, 1.807) is 24.3 Å². The average Bonchev–Trinajstić information content (AvgIpc) is 2.57. The van der Waals surface area contributed by atoms with E-state index in [2.05, 4.69) is 10.6 Å². The van der Waals surface area contributed by atoms with Crippen LogP contribution in [0.1, 0.15) is 22.3 Å². The lowest BCUT2D eigenvalue weighted by Gasteiger charge is -2.31. The number of aliphatic hydroxyl groups is 2. The van der Waals surface area contributed by atoms with Crippen LogP contribution in [0.25, 0.3) is 0 Å². The van der Waals surface area contributed by atoms with Gasteiger partial charge in [0, 0.05) is 17.6 Å². The highest BCUT2D eigenvalue weighted by Crippen LogP contribution is 2.20. The van der Waals surface area contributed by atoms with Crippen LogP contribution in [0.15, 0.2) is 35.9 Å². The highest BCUT2D eigenvalue weighted by Gasteiger charge is 2.33. The number of benzene rings is 1. The van der Waals surface area contributed by atoms with Crippen molar-refractivity contribution in [2.75, 3.05) is 6.54 Å². The second kappa shape index (κ2) is 7.91. The summed E-state index contributed by atoms with van der Waals surface area (Å²) in [5.41, 5.74) is 6.52. The minimum Gasteiger partial charge on any atom is -0.390 e. The molecule has 0 aromatic heterocycles. The van der Waals surface area contributed by atoms with Gasteiger partial charge in [-0.15, -0.1) is 0 Å². The van der Waals surface area contributed by atoms with E-state index < -0.39 is 36.0 Å². The van der Waals surface area contributed by atoms with Crippen LogP contribution in [-0.2, 0) is 9.59 Å². The molecule has 134 valence electrons. The second-order valence-corrected chi connectivity index (χ2v) is 5.97. The maximum absolute atomic E-state index is 12.3. The van der Waals surface area contributed by atoms with Crippen molar-refractivity contribution in [2.45, 2.75) is 31.6 Å². The number of primary amides is 1. The van der Waals surface area contributed by atoms with Crippen molar-refractivity contribution in [2.24, 2.45) is 5.73 Å². The average molecular weight is 347 g/mol. The molecule has 0 saturated heterocycles. The van der Waals surface area contributed by atoms with Gasteiger partial charge in [0.15, 0.2) is 0 Å². The first-order chi connectivity index (χ1) is 11.8. The van der Waals surface area contributed by atoms with E-state index in [1.807, 2.05) is 6.92 Å². The first-order valence-corrected chi connectivity index (χ1v) is 7.79. The monoisotopic (exact) mass is 347 g/mol. The standard InChI is InChI=1S/C17H21N3O5/c1-9-2-4-10(5-3-9)17(25)20-12-6-11(7-13(21)15(12)23)16(24)19-8-14(18)22/h2-6,12-13,15,21,23H,7-8H2,1H3,(H2,18,22)(H,19,24)(H,20,25). The predicted octanol–water partition coefficient (Wildman–Crippen LogP) is -1.25. The Labute approximate surface area is 144 Å². The van der Waals surface area contributed by atoms with Crippen LogP contribution in [-0.4, -0.2) is 52.7 Å². The molecule has 0 aliphatic heterocycles. The summed E-state index contributed by atoms with van der Waals surface area (Å²) >= 11 is 0. The number of hydrogen-bond donors (Lipinski definition) is 5. The molecule has 1 aromatic rings. The summed E-state index contributed by atoms with van der Waals surface area (Å²) in [6.45, 7) is 1.55. The van der Waals surface area contributed by atoms with E-state index in [4.69, 9.17) is 5.73 Å². The molecule has 2 rings (SSSR count). The first kappa shape index (κ1) is 18.6. The van der Waals surface area contributed by atoms with E-state index >= 15 is 0 Å². The van der Waals surface area contributed by atoms with Crippen molar-refractivity contribution in [3.8, 4) is 0 Å². The zero-order chi connectivity index (χ0) is 18.6. The molecular weight excluding hydrogens is 326 g/mol. The van der Waals surface area contributed by atoms with Crippen molar-refractivity contribution in [1.82, 2.24) is 10.6 Å². The number of carbonyl (C=O) groups is 3. The lowest BCUT2D eigenvalue weighted by Crippen LogP contribution is -2.51. The van der Waals surface area contributed by atoms with Crippen LogP contribution >= 0.6 is 0 Å². The predicted molar refractivity (Wildman–Crippen MR) is 89.4 cm³/mol. The molecule has 0 bridgehead atoms. The fourth-order valence-electron chi connectivity index (χ4n) is 2.48. The van der Waals surface area contributed by atoms with Gasteiger partial charge in [-0.05, 0) is 19.1 Å². The summed E-state index contributed by atoms with van der Waals surface area (Å²) in [7, 11) is 0. The summed E-state index contributed by atoms with van der Waals surface area (Å²) in [6.07, 6.45) is -1.19. The fourth-order valence-corrected chi connectivity index (χ4v) is 2.48. The number of rotatable bonds is 5. The van der Waals surface area contributed by atoms with E-state index in [1.165, 1.54) is 6.08 Å². The van der Waals surface area contributed by atoms with Gasteiger partial charge in [-0.1, -0.05) is 23.8 Å². The largest absolute Gasteiger partial charge is 0.390 e. The SMILES string of the molecule is Cc1ccc(C(=O)NC2C=C(C(=O)NCC(N)=O)CC(O)C2O)cc1. The Morgan fingerprint density at radius 2 is 1.80 bits per heavy atom. The Hall–Kier alpha value is -2.71. The maximum Gasteiger partial charge on any atom is 0.251 e. The lowest BCUT2D eigenvalue weighted by molar-refractivity contribution is -0.123. The van der Waals surface area contributed by atoms with Crippen molar-refractivity contribution in [3.05, 3.63) is 47.0 Å². The van der Waals surface area contributed by atoms with E-state index in [0.717, 1.165) is 5.56 Å². The minimum absolute atomic E-state index is 0.0946. The maximum atomic E-state index is 12.3. The molecule has 0 saturated carbocycles. The molecule has 0 spiro atoms. The Morgan fingerprint density at radius 1 is 1.16 bits per heavy atom. The number of amides is 3. The molecule has 25 heavy (non-hydrogen) atoms. The molecule has 8 heteroatoms. The van der Waals surface area contributed by atoms with Crippen LogP contribution in [0.3, 0.4) is 0 Å². The number of carbonyl (C=O) groups excluding carboxylic acids is 3. The minimum atomic E-state index is -1.25. The van der Waals surface area contributed by atoms with Gasteiger partial charge in [-0.3, -0.25) is 14.4 Å². The molecule has 1 aliphatic rings. The number of hydrogen-bond acceptors (Lipinski definition) is 5. The van der Waals surface area contributed by atoms with E-state index in [-0.39, 0.29) is 18.5 Å². The molecule has 3 atom stereocenters. The third-order valence-electron chi connectivity index (χ3n) is 3.90. The van der Waals surface area contributed by atoms with Crippen molar-refractivity contribution in [1.29, 1.82) is 0 Å². The van der Waals surface area contributed by atoms with E-state index in [0.29, 0.717) is 5.56 Å². The zero-order valence-electron chi connectivity index (χ0n) is 13.7. The van der Waals surface area contributed by atoms with Crippen LogP contribution in [0.5, 0.6) is 0 Å². The Morgan fingerprint density at radius 3 is 2.40 bits per heavy atom. The number of aryl methyl sites for hydroxylation is 1. The Bertz CT molecular complexity index is 699. The molecule has 8 nitrogen and oxygen atoms in total. The highest BCUT2D eigenvalue weighted by atomic mass is 16.3. The number of nitrogens with two attached hydrogens (primary N) is 1. The molecule has 1 aromatic carbocycles. The van der Waals surface area contributed by atoms with Crippen LogP contribution < -0.4 is 16.4 Å². The van der Waals surface area contributed by atoms with E-state index in [9.17, 15) is 24.6 Å². The summed E-state index contributed by atoms with van der Waals surface area (Å²) in [5.74, 6) is -1.72. The Kier molecular flexibility index (Phi) is 5.89. The highest BCUT2D eigenvalue weighted by molar-refractivity contribution is 5.97. The normalized spacial score (nSPS) is 22.7. The molecule has 3 amide bonds. The van der Waals surface area contributed by atoms with Crippen LogP contribution in [0, 0.1) is 6.92 Å². The molecule has 0 fully saturated rings. The second-order valence-electron chi connectivity index (χ2n) is 5.97. The van der Waals surface area contributed by atoms with Crippen LogP contribution in [0.4, 0.5) is 0 Å².